The lowest BCUT2D eigenvalue weighted by Crippen LogP contribution is -2.49. The molecule has 1 N–H and O–H groups in total. The van der Waals surface area contributed by atoms with Gasteiger partial charge in [0.05, 0.1) is 24.9 Å². The molecule has 3 rings (SSSR count). The van der Waals surface area contributed by atoms with Gasteiger partial charge in [0, 0.05) is 37.8 Å². The van der Waals surface area contributed by atoms with Gasteiger partial charge in [-0.05, 0) is 37.3 Å². The number of nitrogens with zero attached hydrogens (tertiary/aromatic N) is 4. The molecule has 1 unspecified atom stereocenters. The van der Waals surface area contributed by atoms with Crippen molar-refractivity contribution in [1.29, 1.82) is 0 Å². The molecule has 2 aromatic rings. The number of hydrogen-bond acceptors (Lipinski definition) is 6. The van der Waals surface area contributed by atoms with Crippen LogP contribution in [-0.4, -0.2) is 70.7 Å². The Morgan fingerprint density at radius 3 is 2.24 bits per heavy atom. The van der Waals surface area contributed by atoms with E-state index in [2.05, 4.69) is 50.8 Å². The Kier molecular flexibility index (Phi) is 8.80. The Labute approximate surface area is 197 Å². The van der Waals surface area contributed by atoms with Crippen LogP contribution in [0, 0.1) is 6.92 Å². The van der Waals surface area contributed by atoms with Gasteiger partial charge in [-0.2, -0.15) is 4.98 Å². The summed E-state index contributed by atoms with van der Waals surface area (Å²) in [5.74, 6) is 0.620. The molecule has 2 heterocycles. The second kappa shape index (κ2) is 11.6. The number of piperazine rings is 1. The van der Waals surface area contributed by atoms with Gasteiger partial charge >= 0.3 is 5.97 Å². The van der Waals surface area contributed by atoms with Gasteiger partial charge in [-0.25, -0.2) is 4.98 Å². The highest BCUT2D eigenvalue weighted by atomic mass is 16.5. The zero-order valence-corrected chi connectivity index (χ0v) is 20.7. The summed E-state index contributed by atoms with van der Waals surface area (Å²) in [6.45, 7) is 11.8. The molecular weight excluding hydrogens is 416 g/mol. The Morgan fingerprint density at radius 2 is 1.73 bits per heavy atom. The van der Waals surface area contributed by atoms with Crippen LogP contribution in [0.5, 0.6) is 5.88 Å². The maximum atomic E-state index is 11.1. The molecule has 1 saturated heterocycles. The number of rotatable bonds is 10. The molecule has 0 saturated carbocycles. The van der Waals surface area contributed by atoms with Gasteiger partial charge < -0.3 is 9.84 Å². The smallest absolute Gasteiger partial charge is 0.317 e. The number of methoxy groups -OCH3 is 1. The minimum Gasteiger partial charge on any atom is -0.481 e. The van der Waals surface area contributed by atoms with Gasteiger partial charge in [-0.1, -0.05) is 45.4 Å². The van der Waals surface area contributed by atoms with E-state index < -0.39 is 5.97 Å². The van der Waals surface area contributed by atoms with Crippen LogP contribution < -0.4 is 4.74 Å². The Hall–Kier alpha value is -2.51. The molecule has 1 aliphatic heterocycles. The average Bonchev–Trinajstić information content (AvgIpc) is 2.82. The first-order chi connectivity index (χ1) is 15.9. The monoisotopic (exact) mass is 454 g/mol. The quantitative estimate of drug-likeness (QED) is 0.578. The largest absolute Gasteiger partial charge is 0.481 e. The number of hydrogen-bond donors (Lipinski definition) is 1. The summed E-state index contributed by atoms with van der Waals surface area (Å²) in [4.78, 5) is 25.5. The minimum absolute atomic E-state index is 0.100. The number of carboxylic acid groups (broad SMARTS) is 1. The Balaban J connectivity index is 1.98. The van der Waals surface area contributed by atoms with Crippen molar-refractivity contribution in [3.63, 3.8) is 0 Å². The van der Waals surface area contributed by atoms with Crippen LogP contribution in [-0.2, 0) is 17.6 Å². The molecule has 1 fully saturated rings. The van der Waals surface area contributed by atoms with Crippen molar-refractivity contribution in [3.8, 4) is 17.3 Å². The standard InChI is InChI=1S/C26H38N4O3/c1-6-10-21(30-15-13-29(14-16-30)17-22(31)32)23-18(4)27-25(28-26(23)33-5)24-19(7-2)11-9-12-20(24)8-3/h9,11-12,21H,6-8,10,13-17H2,1-5H3,(H,31,32). The van der Waals surface area contributed by atoms with Crippen LogP contribution in [0.1, 0.15) is 62.0 Å². The number of aryl methyl sites for hydroxylation is 3. The zero-order valence-electron chi connectivity index (χ0n) is 20.7. The van der Waals surface area contributed by atoms with E-state index in [0.29, 0.717) is 5.88 Å². The zero-order chi connectivity index (χ0) is 24.0. The molecule has 0 radical (unpaired) electrons. The number of aromatic nitrogens is 2. The van der Waals surface area contributed by atoms with Crippen LogP contribution in [0.3, 0.4) is 0 Å². The Bertz CT molecular complexity index is 933. The highest BCUT2D eigenvalue weighted by Crippen LogP contribution is 2.37. The van der Waals surface area contributed by atoms with Crippen LogP contribution in [0.25, 0.3) is 11.4 Å². The molecule has 1 aromatic heterocycles. The molecule has 1 aromatic carbocycles. The summed E-state index contributed by atoms with van der Waals surface area (Å²) in [5.41, 5.74) is 5.65. The third-order valence-corrected chi connectivity index (χ3v) is 6.62. The van der Waals surface area contributed by atoms with E-state index in [0.717, 1.165) is 74.5 Å². The van der Waals surface area contributed by atoms with Crippen molar-refractivity contribution >= 4 is 5.97 Å². The van der Waals surface area contributed by atoms with Crippen molar-refractivity contribution < 1.29 is 14.6 Å². The number of carbonyl (C=O) groups is 1. The van der Waals surface area contributed by atoms with E-state index in [9.17, 15) is 4.79 Å². The molecule has 7 heteroatoms. The van der Waals surface area contributed by atoms with E-state index in [4.69, 9.17) is 19.8 Å². The lowest BCUT2D eigenvalue weighted by atomic mass is 9.95. The lowest BCUT2D eigenvalue weighted by molar-refractivity contribution is -0.138. The molecule has 7 nitrogen and oxygen atoms in total. The van der Waals surface area contributed by atoms with Gasteiger partial charge in [-0.15, -0.1) is 0 Å². The molecule has 1 aliphatic rings. The average molecular weight is 455 g/mol. The van der Waals surface area contributed by atoms with Crippen molar-refractivity contribution in [2.24, 2.45) is 0 Å². The first-order valence-electron chi connectivity index (χ1n) is 12.1. The highest BCUT2D eigenvalue weighted by molar-refractivity contribution is 5.69. The summed E-state index contributed by atoms with van der Waals surface area (Å²) in [7, 11) is 1.69. The van der Waals surface area contributed by atoms with Crippen molar-refractivity contribution in [2.45, 2.75) is 59.4 Å². The van der Waals surface area contributed by atoms with Gasteiger partial charge in [0.25, 0.3) is 0 Å². The van der Waals surface area contributed by atoms with Crippen LogP contribution in [0.15, 0.2) is 18.2 Å². The molecule has 0 amide bonds. The highest BCUT2D eigenvalue weighted by Gasteiger charge is 2.30. The fraction of sp³-hybridized carbons (Fsp3) is 0.577. The fourth-order valence-electron chi connectivity index (χ4n) is 4.94. The van der Waals surface area contributed by atoms with E-state index in [1.807, 2.05) is 4.90 Å². The second-order valence-electron chi connectivity index (χ2n) is 8.72. The number of aliphatic carboxylic acids is 1. The van der Waals surface area contributed by atoms with Crippen LogP contribution in [0.4, 0.5) is 0 Å². The maximum Gasteiger partial charge on any atom is 0.317 e. The first kappa shape index (κ1) is 25.1. The van der Waals surface area contributed by atoms with Crippen molar-refractivity contribution in [3.05, 3.63) is 40.6 Å². The van der Waals surface area contributed by atoms with E-state index in [1.165, 1.54) is 11.1 Å². The van der Waals surface area contributed by atoms with E-state index in [1.54, 1.807) is 7.11 Å². The summed E-state index contributed by atoms with van der Waals surface area (Å²) >= 11 is 0. The Morgan fingerprint density at radius 1 is 1.09 bits per heavy atom. The topological polar surface area (TPSA) is 78.8 Å². The van der Waals surface area contributed by atoms with Crippen LogP contribution in [0.2, 0.25) is 0 Å². The third-order valence-electron chi connectivity index (χ3n) is 6.62. The summed E-state index contributed by atoms with van der Waals surface area (Å²) < 4.78 is 5.86. The van der Waals surface area contributed by atoms with Gasteiger partial charge in [-0.3, -0.25) is 14.6 Å². The molecule has 0 bridgehead atoms. The number of ether oxygens (including phenoxy) is 1. The fourth-order valence-corrected chi connectivity index (χ4v) is 4.94. The molecule has 0 spiro atoms. The molecule has 1 atom stereocenters. The SMILES string of the molecule is CCCC(c1c(C)nc(-c2c(CC)cccc2CC)nc1OC)N1CCN(CC(=O)O)CC1. The second-order valence-corrected chi connectivity index (χ2v) is 8.72. The first-order valence-corrected chi connectivity index (χ1v) is 12.1. The number of benzene rings is 1. The molecule has 33 heavy (non-hydrogen) atoms. The summed E-state index contributed by atoms with van der Waals surface area (Å²) in [5, 5.41) is 9.11. The predicted molar refractivity (Wildman–Crippen MR) is 131 cm³/mol. The van der Waals surface area contributed by atoms with Crippen LogP contribution >= 0.6 is 0 Å². The van der Waals surface area contributed by atoms with E-state index >= 15 is 0 Å². The number of carboxylic acids is 1. The van der Waals surface area contributed by atoms with E-state index in [-0.39, 0.29) is 12.6 Å². The normalized spacial score (nSPS) is 16.0. The van der Waals surface area contributed by atoms with Crippen molar-refractivity contribution in [2.75, 3.05) is 39.8 Å². The molecule has 0 aliphatic carbocycles. The van der Waals surface area contributed by atoms with Gasteiger partial charge in [0.15, 0.2) is 5.82 Å². The maximum absolute atomic E-state index is 11.1. The minimum atomic E-state index is -0.770. The molecule has 180 valence electrons. The van der Waals surface area contributed by atoms with Gasteiger partial charge in [0.1, 0.15) is 0 Å². The summed E-state index contributed by atoms with van der Waals surface area (Å²) in [6.07, 6.45) is 3.86. The lowest BCUT2D eigenvalue weighted by Gasteiger charge is -2.39. The van der Waals surface area contributed by atoms with Crippen molar-refractivity contribution in [1.82, 2.24) is 19.8 Å². The van der Waals surface area contributed by atoms with Gasteiger partial charge in [0.2, 0.25) is 5.88 Å². The predicted octanol–water partition coefficient (Wildman–Crippen LogP) is 4.13. The summed E-state index contributed by atoms with van der Waals surface area (Å²) in [6, 6.07) is 6.58. The third kappa shape index (κ3) is 5.71. The molecular formula is C26H38N4O3.